The van der Waals surface area contributed by atoms with E-state index in [0.717, 1.165) is 89.0 Å². The number of nitrogens with one attached hydrogen (secondary N) is 1. The minimum absolute atomic E-state index is 0.171. The number of thiocarbonyl (C=S) groups is 1. The van der Waals surface area contributed by atoms with Gasteiger partial charge in [0.05, 0.1) is 13.2 Å². The van der Waals surface area contributed by atoms with Crippen molar-refractivity contribution in [2.75, 3.05) is 57.8 Å². The molecule has 1 aromatic rings. The Bertz CT molecular complexity index is 700. The Kier molecular flexibility index (Phi) is 8.90. The van der Waals surface area contributed by atoms with E-state index in [2.05, 4.69) is 46.3 Å². The van der Waals surface area contributed by atoms with E-state index in [1.807, 2.05) is 4.90 Å². The zero-order chi connectivity index (χ0) is 21.3. The third-order valence-electron chi connectivity index (χ3n) is 6.23. The number of ether oxygens (including phenoxy) is 1. The number of rotatable bonds is 7. The summed E-state index contributed by atoms with van der Waals surface area (Å²) >= 11 is 5.90. The zero-order valence-electron chi connectivity index (χ0n) is 18.4. The summed E-state index contributed by atoms with van der Waals surface area (Å²) in [5.74, 6) is 0.171. The number of para-hydroxylation sites is 1. The monoisotopic (exact) mass is 432 g/mol. The van der Waals surface area contributed by atoms with Gasteiger partial charge in [-0.25, -0.2) is 0 Å². The van der Waals surface area contributed by atoms with Crippen LogP contribution in [0.4, 0.5) is 5.69 Å². The predicted octanol–water partition coefficient (Wildman–Crippen LogP) is 2.98. The minimum Gasteiger partial charge on any atom is -0.379 e. The van der Waals surface area contributed by atoms with Crippen molar-refractivity contribution in [3.63, 3.8) is 0 Å². The third-order valence-corrected chi connectivity index (χ3v) is 6.56. The molecule has 1 aromatic carbocycles. The Morgan fingerprint density at radius 3 is 2.57 bits per heavy atom. The molecular weight excluding hydrogens is 396 g/mol. The Morgan fingerprint density at radius 1 is 1.20 bits per heavy atom. The molecule has 0 aromatic heterocycles. The number of aryl methyl sites for hydroxylation is 1. The molecule has 0 atom stereocenters. The van der Waals surface area contributed by atoms with E-state index in [0.29, 0.717) is 6.04 Å². The first-order valence-corrected chi connectivity index (χ1v) is 11.7. The van der Waals surface area contributed by atoms with E-state index in [9.17, 15) is 4.79 Å². The molecule has 0 aliphatic carbocycles. The fourth-order valence-corrected chi connectivity index (χ4v) is 4.72. The second-order valence-electron chi connectivity index (χ2n) is 8.18. The largest absolute Gasteiger partial charge is 0.379 e. The van der Waals surface area contributed by atoms with Gasteiger partial charge in [0.15, 0.2) is 5.11 Å². The van der Waals surface area contributed by atoms with Crippen molar-refractivity contribution in [2.45, 2.75) is 45.6 Å². The van der Waals surface area contributed by atoms with E-state index < -0.39 is 0 Å². The third kappa shape index (κ3) is 6.40. The first-order chi connectivity index (χ1) is 14.6. The van der Waals surface area contributed by atoms with Crippen molar-refractivity contribution in [3.05, 3.63) is 29.8 Å². The first-order valence-electron chi connectivity index (χ1n) is 11.3. The van der Waals surface area contributed by atoms with Crippen LogP contribution in [0.1, 0.15) is 38.7 Å². The van der Waals surface area contributed by atoms with Crippen LogP contribution in [-0.2, 0) is 16.0 Å². The van der Waals surface area contributed by atoms with E-state index in [4.69, 9.17) is 17.0 Å². The highest BCUT2D eigenvalue weighted by atomic mass is 32.1. The van der Waals surface area contributed by atoms with Crippen molar-refractivity contribution in [1.29, 1.82) is 0 Å². The number of carbonyl (C=O) groups excluding carboxylic acids is 1. The van der Waals surface area contributed by atoms with Crippen LogP contribution in [0, 0.1) is 0 Å². The lowest BCUT2D eigenvalue weighted by Gasteiger charge is -2.40. The molecule has 0 spiro atoms. The van der Waals surface area contributed by atoms with Gasteiger partial charge in [0.2, 0.25) is 5.91 Å². The molecule has 3 rings (SSSR count). The molecule has 166 valence electrons. The second-order valence-corrected chi connectivity index (χ2v) is 8.57. The number of piperidine rings is 1. The van der Waals surface area contributed by atoms with Crippen molar-refractivity contribution in [3.8, 4) is 0 Å². The van der Waals surface area contributed by atoms with E-state index in [1.165, 1.54) is 5.56 Å². The maximum absolute atomic E-state index is 11.7. The Hall–Kier alpha value is -1.70. The van der Waals surface area contributed by atoms with Crippen LogP contribution in [-0.4, -0.2) is 84.2 Å². The average Bonchev–Trinajstić information content (AvgIpc) is 2.78. The van der Waals surface area contributed by atoms with Gasteiger partial charge in [-0.3, -0.25) is 9.69 Å². The molecule has 2 fully saturated rings. The normalized spacial score (nSPS) is 18.3. The predicted molar refractivity (Wildman–Crippen MR) is 126 cm³/mol. The van der Waals surface area contributed by atoms with Crippen LogP contribution in [0.25, 0.3) is 0 Å². The summed E-state index contributed by atoms with van der Waals surface area (Å²) in [5, 5.41) is 4.33. The average molecular weight is 433 g/mol. The van der Waals surface area contributed by atoms with E-state index >= 15 is 0 Å². The van der Waals surface area contributed by atoms with Gasteiger partial charge in [-0.2, -0.15) is 0 Å². The number of benzene rings is 1. The highest BCUT2D eigenvalue weighted by Gasteiger charge is 2.27. The van der Waals surface area contributed by atoms with E-state index in [1.54, 1.807) is 6.92 Å². The van der Waals surface area contributed by atoms with Gasteiger partial charge in [-0.15, -0.1) is 0 Å². The van der Waals surface area contributed by atoms with Crippen molar-refractivity contribution >= 4 is 28.9 Å². The summed E-state index contributed by atoms with van der Waals surface area (Å²) in [4.78, 5) is 18.5. The fraction of sp³-hybridized carbons (Fsp3) is 0.652. The molecule has 0 bridgehead atoms. The van der Waals surface area contributed by atoms with Crippen LogP contribution in [0.2, 0.25) is 0 Å². The molecule has 30 heavy (non-hydrogen) atoms. The van der Waals surface area contributed by atoms with Crippen molar-refractivity contribution in [1.82, 2.24) is 14.7 Å². The number of anilines is 1. The first kappa shape index (κ1) is 23.0. The molecule has 1 amide bonds. The van der Waals surface area contributed by atoms with Gasteiger partial charge in [0.25, 0.3) is 0 Å². The summed E-state index contributed by atoms with van der Waals surface area (Å²) in [6, 6.07) is 8.76. The maximum atomic E-state index is 11.7. The van der Waals surface area contributed by atoms with E-state index in [-0.39, 0.29) is 5.91 Å². The lowest BCUT2D eigenvalue weighted by atomic mass is 10.0. The number of morpholine rings is 1. The van der Waals surface area contributed by atoms with Crippen LogP contribution >= 0.6 is 12.2 Å². The number of likely N-dealkylation sites (tertiary alicyclic amines) is 1. The minimum atomic E-state index is 0.171. The summed E-state index contributed by atoms with van der Waals surface area (Å²) < 4.78 is 5.46. The Morgan fingerprint density at radius 2 is 1.90 bits per heavy atom. The molecule has 1 N–H and O–H groups in total. The molecule has 6 nitrogen and oxygen atoms in total. The smallest absolute Gasteiger partial charge is 0.219 e. The van der Waals surface area contributed by atoms with Crippen LogP contribution in [0.5, 0.6) is 0 Å². The molecule has 2 heterocycles. The molecule has 0 unspecified atom stereocenters. The Balaban J connectivity index is 1.63. The molecule has 2 aliphatic heterocycles. The summed E-state index contributed by atoms with van der Waals surface area (Å²) in [6.07, 6.45) is 3.98. The molecular formula is C23H36N4O2S. The van der Waals surface area contributed by atoms with Crippen molar-refractivity contribution < 1.29 is 9.53 Å². The van der Waals surface area contributed by atoms with Crippen molar-refractivity contribution in [2.24, 2.45) is 0 Å². The van der Waals surface area contributed by atoms with Crippen LogP contribution in [0.3, 0.4) is 0 Å². The standard InChI is InChI=1S/C23H36N4O2S/c1-3-20-7-4-5-8-22(20)24-23(30)27(12-6-11-25-15-17-29-18-16-25)21-9-13-26(14-10-21)19(2)28/h4-5,7-8,21H,3,6,9-18H2,1-2H3,(H,24,30). The summed E-state index contributed by atoms with van der Waals surface area (Å²) in [6.45, 7) is 11.2. The molecule has 2 aliphatic rings. The number of amides is 1. The van der Waals surface area contributed by atoms with Gasteiger partial charge in [0, 0.05) is 57.9 Å². The zero-order valence-corrected chi connectivity index (χ0v) is 19.3. The van der Waals surface area contributed by atoms with Gasteiger partial charge < -0.3 is 19.9 Å². The molecule has 7 heteroatoms. The quantitative estimate of drug-likeness (QED) is 0.669. The number of carbonyl (C=O) groups is 1. The lowest BCUT2D eigenvalue weighted by Crippen LogP contribution is -2.50. The molecule has 2 saturated heterocycles. The highest BCUT2D eigenvalue weighted by molar-refractivity contribution is 7.80. The van der Waals surface area contributed by atoms with Gasteiger partial charge in [0.1, 0.15) is 0 Å². The second kappa shape index (κ2) is 11.6. The van der Waals surface area contributed by atoms with Gasteiger partial charge in [-0.05, 0) is 49.5 Å². The summed E-state index contributed by atoms with van der Waals surface area (Å²) in [7, 11) is 0. The Labute approximate surface area is 186 Å². The summed E-state index contributed by atoms with van der Waals surface area (Å²) in [5.41, 5.74) is 2.38. The maximum Gasteiger partial charge on any atom is 0.219 e. The van der Waals surface area contributed by atoms with Gasteiger partial charge >= 0.3 is 0 Å². The lowest BCUT2D eigenvalue weighted by molar-refractivity contribution is -0.130. The number of hydrogen-bond donors (Lipinski definition) is 1. The molecule has 0 radical (unpaired) electrons. The number of hydrogen-bond acceptors (Lipinski definition) is 4. The van der Waals surface area contributed by atoms with Crippen LogP contribution < -0.4 is 5.32 Å². The van der Waals surface area contributed by atoms with Gasteiger partial charge in [-0.1, -0.05) is 25.1 Å². The van der Waals surface area contributed by atoms with Crippen LogP contribution in [0.15, 0.2) is 24.3 Å². The fourth-order valence-electron chi connectivity index (χ4n) is 4.37. The number of nitrogens with zero attached hydrogens (tertiary/aromatic N) is 3. The molecule has 0 saturated carbocycles. The SMILES string of the molecule is CCc1ccccc1NC(=S)N(CCCN1CCOCC1)C1CCN(C(C)=O)CC1. The highest BCUT2D eigenvalue weighted by Crippen LogP contribution is 2.21. The topological polar surface area (TPSA) is 48.0 Å².